The van der Waals surface area contributed by atoms with E-state index >= 15 is 0 Å². The predicted octanol–water partition coefficient (Wildman–Crippen LogP) is 2.50. The highest BCUT2D eigenvalue weighted by Gasteiger charge is 2.48. The summed E-state index contributed by atoms with van der Waals surface area (Å²) in [6.45, 7) is 2.54. The Labute approximate surface area is 130 Å². The number of fused-ring (bicyclic) bond motifs is 1. The Morgan fingerprint density at radius 2 is 2.32 bits per heavy atom. The predicted molar refractivity (Wildman–Crippen MR) is 80.3 cm³/mol. The molecule has 0 aromatic heterocycles. The molecule has 6 nitrogen and oxygen atoms in total. The summed E-state index contributed by atoms with van der Waals surface area (Å²) in [5, 5.41) is 18.1. The SMILES string of the molecule is COC1=CCCCC1C1C(C#N)=C(N)OC2CN=NC(C)C21. The fraction of sp³-hybridized carbons (Fsp3) is 0.688. The summed E-state index contributed by atoms with van der Waals surface area (Å²) in [5.41, 5.74) is 6.57. The maximum Gasteiger partial charge on any atom is 0.198 e. The lowest BCUT2D eigenvalue weighted by molar-refractivity contribution is -0.0137. The molecule has 0 saturated carbocycles. The van der Waals surface area contributed by atoms with Crippen LogP contribution in [0.5, 0.6) is 0 Å². The van der Waals surface area contributed by atoms with Crippen LogP contribution >= 0.6 is 0 Å². The quantitative estimate of drug-likeness (QED) is 0.848. The normalized spacial score (nSPS) is 37.7. The number of azo groups is 1. The zero-order valence-corrected chi connectivity index (χ0v) is 13.0. The minimum Gasteiger partial charge on any atom is -0.501 e. The van der Waals surface area contributed by atoms with Crippen molar-refractivity contribution in [1.82, 2.24) is 0 Å². The summed E-state index contributed by atoms with van der Waals surface area (Å²) in [6.07, 6.45) is 5.15. The molecule has 2 heterocycles. The molecule has 0 aromatic carbocycles. The highest BCUT2D eigenvalue weighted by atomic mass is 16.5. The molecule has 3 aliphatic rings. The van der Waals surface area contributed by atoms with Gasteiger partial charge in [-0.1, -0.05) is 0 Å². The molecule has 2 N–H and O–H groups in total. The first-order chi connectivity index (χ1) is 10.7. The Bertz CT molecular complexity index is 575. The van der Waals surface area contributed by atoms with Crippen molar-refractivity contribution in [3.63, 3.8) is 0 Å². The van der Waals surface area contributed by atoms with Gasteiger partial charge < -0.3 is 15.2 Å². The Morgan fingerprint density at radius 3 is 3.05 bits per heavy atom. The number of hydrogen-bond acceptors (Lipinski definition) is 6. The number of allylic oxidation sites excluding steroid dienone is 3. The van der Waals surface area contributed by atoms with Crippen molar-refractivity contribution < 1.29 is 9.47 Å². The van der Waals surface area contributed by atoms with E-state index in [9.17, 15) is 5.26 Å². The van der Waals surface area contributed by atoms with Gasteiger partial charge in [0.25, 0.3) is 0 Å². The number of ether oxygens (including phenoxy) is 2. The van der Waals surface area contributed by atoms with Crippen LogP contribution in [0.15, 0.2) is 33.5 Å². The van der Waals surface area contributed by atoms with Gasteiger partial charge in [-0.3, -0.25) is 0 Å². The number of methoxy groups -OCH3 is 1. The molecule has 118 valence electrons. The molecule has 22 heavy (non-hydrogen) atoms. The van der Waals surface area contributed by atoms with Crippen LogP contribution in [0, 0.1) is 29.1 Å². The number of rotatable bonds is 2. The van der Waals surface area contributed by atoms with E-state index in [2.05, 4.69) is 22.4 Å². The second-order valence-corrected chi connectivity index (χ2v) is 6.18. The summed E-state index contributed by atoms with van der Waals surface area (Å²) in [7, 11) is 1.70. The van der Waals surface area contributed by atoms with Gasteiger partial charge in [-0.25, -0.2) is 0 Å². The second-order valence-electron chi connectivity index (χ2n) is 6.18. The molecule has 3 rings (SSSR count). The number of nitrogens with two attached hydrogens (primary N) is 1. The highest BCUT2D eigenvalue weighted by molar-refractivity contribution is 5.33. The van der Waals surface area contributed by atoms with Crippen LogP contribution in [0.1, 0.15) is 26.2 Å². The lowest BCUT2D eigenvalue weighted by atomic mass is 9.67. The largest absolute Gasteiger partial charge is 0.501 e. The molecule has 1 aliphatic carbocycles. The van der Waals surface area contributed by atoms with Gasteiger partial charge in [-0.15, -0.1) is 0 Å². The van der Waals surface area contributed by atoms with E-state index in [1.165, 1.54) is 0 Å². The smallest absolute Gasteiger partial charge is 0.198 e. The van der Waals surface area contributed by atoms with E-state index in [1.807, 2.05) is 6.92 Å². The van der Waals surface area contributed by atoms with Crippen LogP contribution in [-0.2, 0) is 9.47 Å². The van der Waals surface area contributed by atoms with Crippen LogP contribution in [0.4, 0.5) is 0 Å². The number of nitriles is 1. The molecule has 0 saturated heterocycles. The summed E-state index contributed by atoms with van der Waals surface area (Å²) >= 11 is 0. The van der Waals surface area contributed by atoms with Gasteiger partial charge >= 0.3 is 0 Å². The molecule has 5 unspecified atom stereocenters. The lowest BCUT2D eigenvalue weighted by Crippen LogP contribution is -2.49. The summed E-state index contributed by atoms with van der Waals surface area (Å²) in [6, 6.07) is 2.29. The van der Waals surface area contributed by atoms with E-state index < -0.39 is 0 Å². The maximum absolute atomic E-state index is 9.62. The molecule has 2 aliphatic heterocycles. The van der Waals surface area contributed by atoms with Crippen molar-refractivity contribution >= 4 is 0 Å². The van der Waals surface area contributed by atoms with Gasteiger partial charge in [0.2, 0.25) is 0 Å². The van der Waals surface area contributed by atoms with Crippen molar-refractivity contribution in [1.29, 1.82) is 5.26 Å². The first-order valence-corrected chi connectivity index (χ1v) is 7.84. The molecule has 5 atom stereocenters. The Hall–Kier alpha value is -2.03. The zero-order valence-electron chi connectivity index (χ0n) is 13.0. The molecule has 0 amide bonds. The molecule has 0 bridgehead atoms. The number of nitrogens with zero attached hydrogens (tertiary/aromatic N) is 3. The third-order valence-electron chi connectivity index (χ3n) is 5.02. The average Bonchev–Trinajstić information content (AvgIpc) is 2.53. The van der Waals surface area contributed by atoms with Gasteiger partial charge in [0.05, 0.1) is 31.0 Å². The maximum atomic E-state index is 9.62. The summed E-state index contributed by atoms with van der Waals surface area (Å²) in [4.78, 5) is 0. The fourth-order valence-corrected chi connectivity index (χ4v) is 4.06. The van der Waals surface area contributed by atoms with Crippen LogP contribution in [0.25, 0.3) is 0 Å². The highest BCUT2D eigenvalue weighted by Crippen LogP contribution is 2.46. The van der Waals surface area contributed by atoms with Gasteiger partial charge in [0, 0.05) is 17.8 Å². The van der Waals surface area contributed by atoms with Crippen LogP contribution in [-0.4, -0.2) is 25.8 Å². The van der Waals surface area contributed by atoms with Crippen LogP contribution in [0.3, 0.4) is 0 Å². The van der Waals surface area contributed by atoms with Crippen LogP contribution < -0.4 is 5.73 Å². The third-order valence-corrected chi connectivity index (χ3v) is 5.02. The van der Waals surface area contributed by atoms with Crippen molar-refractivity contribution in [3.8, 4) is 6.07 Å². The Kier molecular flexibility index (Phi) is 4.06. The standard InChI is InChI=1S/C16H22N4O2/c1-9-14-13(8-19-20-9)22-16(18)11(7-17)15(14)10-5-3-4-6-12(10)21-2/h6,9-10,13-15H,3-5,8,18H2,1-2H3. The molecule has 0 aromatic rings. The summed E-state index contributed by atoms with van der Waals surface area (Å²) < 4.78 is 11.4. The van der Waals surface area contributed by atoms with Gasteiger partial charge in [-0.05, 0) is 32.3 Å². The minimum absolute atomic E-state index is 0.00972. The number of hydrogen-bond donors (Lipinski definition) is 1. The van der Waals surface area contributed by atoms with Crippen LogP contribution in [0.2, 0.25) is 0 Å². The van der Waals surface area contributed by atoms with Crippen molar-refractivity contribution in [2.24, 2.45) is 33.7 Å². The first-order valence-electron chi connectivity index (χ1n) is 7.84. The minimum atomic E-state index is -0.102. The van der Waals surface area contributed by atoms with Crippen molar-refractivity contribution in [2.45, 2.75) is 38.3 Å². The Morgan fingerprint density at radius 1 is 1.50 bits per heavy atom. The van der Waals surface area contributed by atoms with Gasteiger partial charge in [0.15, 0.2) is 5.88 Å². The average molecular weight is 302 g/mol. The van der Waals surface area contributed by atoms with Gasteiger partial charge in [-0.2, -0.15) is 15.5 Å². The molecular formula is C16H22N4O2. The molecule has 0 spiro atoms. The molecule has 0 radical (unpaired) electrons. The first kappa shape index (κ1) is 14.9. The third kappa shape index (κ3) is 2.35. The Balaban J connectivity index is 2.05. The zero-order chi connectivity index (χ0) is 15.7. The van der Waals surface area contributed by atoms with Gasteiger partial charge in [0.1, 0.15) is 12.2 Å². The van der Waals surface area contributed by atoms with Crippen molar-refractivity contribution in [3.05, 3.63) is 23.3 Å². The summed E-state index contributed by atoms with van der Waals surface area (Å²) in [5.74, 6) is 1.48. The molecule has 6 heteroatoms. The van der Waals surface area contributed by atoms with E-state index in [4.69, 9.17) is 15.2 Å². The lowest BCUT2D eigenvalue weighted by Gasteiger charge is -2.44. The topological polar surface area (TPSA) is 93.0 Å². The molecule has 0 fully saturated rings. The molecular weight excluding hydrogens is 280 g/mol. The van der Waals surface area contributed by atoms with E-state index in [1.54, 1.807) is 7.11 Å². The fourth-order valence-electron chi connectivity index (χ4n) is 4.06. The monoisotopic (exact) mass is 302 g/mol. The second kappa shape index (κ2) is 5.99. The van der Waals surface area contributed by atoms with Crippen molar-refractivity contribution in [2.75, 3.05) is 13.7 Å². The van der Waals surface area contributed by atoms with E-state index in [0.717, 1.165) is 25.0 Å². The van der Waals surface area contributed by atoms with E-state index in [-0.39, 0.29) is 35.8 Å². The van der Waals surface area contributed by atoms with E-state index in [0.29, 0.717) is 12.1 Å².